The maximum atomic E-state index is 12.4. The molecule has 0 aliphatic heterocycles. The fourth-order valence-corrected chi connectivity index (χ4v) is 4.78. The van der Waals surface area contributed by atoms with Gasteiger partial charge in [-0.1, -0.05) is 57.3 Å². The summed E-state index contributed by atoms with van der Waals surface area (Å²) in [6.45, 7) is -0.291. The minimum atomic E-state index is -3.97. The van der Waals surface area contributed by atoms with Gasteiger partial charge in [0.2, 0.25) is 0 Å². The van der Waals surface area contributed by atoms with Crippen molar-refractivity contribution in [1.82, 2.24) is 0 Å². The fourth-order valence-electron chi connectivity index (χ4n) is 1.74. The van der Waals surface area contributed by atoms with Gasteiger partial charge in [0.05, 0.1) is 22.3 Å². The lowest BCUT2D eigenvalue weighted by Crippen LogP contribution is -2.15. The van der Waals surface area contributed by atoms with E-state index in [4.69, 9.17) is 23.2 Å². The second kappa shape index (κ2) is 6.54. The molecule has 112 valence electrons. The largest absolute Gasteiger partial charge is 0.392 e. The molecule has 0 saturated carbocycles. The molecule has 21 heavy (non-hydrogen) atoms. The van der Waals surface area contributed by atoms with E-state index in [9.17, 15) is 13.5 Å². The van der Waals surface area contributed by atoms with Gasteiger partial charge in [0.1, 0.15) is 4.90 Å². The average Bonchev–Trinajstić information content (AvgIpc) is 2.37. The van der Waals surface area contributed by atoms with E-state index < -0.39 is 10.0 Å². The summed E-state index contributed by atoms with van der Waals surface area (Å²) >= 11 is 15.1. The van der Waals surface area contributed by atoms with Gasteiger partial charge in [-0.05, 0) is 18.2 Å². The van der Waals surface area contributed by atoms with Crippen LogP contribution in [0.1, 0.15) is 5.56 Å². The number of sulfonamides is 1. The number of halogens is 3. The molecule has 0 radical (unpaired) electrons. The SMILES string of the molecule is O=S(=O)(Nc1ccccc1CO)c1c(Cl)cc(Br)cc1Cl. The van der Waals surface area contributed by atoms with Crippen molar-refractivity contribution in [2.24, 2.45) is 0 Å². The van der Waals surface area contributed by atoms with Crippen molar-refractivity contribution in [1.29, 1.82) is 0 Å². The molecule has 0 fully saturated rings. The molecule has 0 aliphatic rings. The Morgan fingerprint density at radius 3 is 2.29 bits per heavy atom. The number of rotatable bonds is 4. The van der Waals surface area contributed by atoms with Gasteiger partial charge in [-0.25, -0.2) is 8.42 Å². The van der Waals surface area contributed by atoms with Gasteiger partial charge >= 0.3 is 0 Å². The van der Waals surface area contributed by atoms with Gasteiger partial charge in [-0.15, -0.1) is 0 Å². The molecule has 0 saturated heterocycles. The van der Waals surface area contributed by atoms with Crippen LogP contribution in [0.2, 0.25) is 10.0 Å². The maximum Gasteiger partial charge on any atom is 0.264 e. The Labute approximate surface area is 140 Å². The third kappa shape index (κ3) is 3.70. The van der Waals surface area contributed by atoms with Crippen LogP contribution in [0.4, 0.5) is 5.69 Å². The first-order valence-corrected chi connectivity index (χ1v) is 8.74. The molecule has 2 N–H and O–H groups in total. The summed E-state index contributed by atoms with van der Waals surface area (Å²) in [6, 6.07) is 9.40. The number of aliphatic hydroxyl groups is 1. The summed E-state index contributed by atoms with van der Waals surface area (Å²) in [5, 5.41) is 9.24. The fraction of sp³-hybridized carbons (Fsp3) is 0.0769. The molecule has 0 spiro atoms. The standard InChI is InChI=1S/C13H10BrCl2NO3S/c14-9-5-10(15)13(11(16)6-9)21(19,20)17-12-4-2-1-3-8(12)7-18/h1-6,17-18H,7H2. The van der Waals surface area contributed by atoms with Crippen molar-refractivity contribution in [2.45, 2.75) is 11.5 Å². The predicted octanol–water partition coefficient (Wildman–Crippen LogP) is 4.05. The highest BCUT2D eigenvalue weighted by Crippen LogP contribution is 2.34. The molecule has 0 heterocycles. The second-order valence-corrected chi connectivity index (χ2v) is 7.47. The highest BCUT2D eigenvalue weighted by Gasteiger charge is 2.23. The zero-order valence-electron chi connectivity index (χ0n) is 10.5. The molecule has 0 aliphatic carbocycles. The summed E-state index contributed by atoms with van der Waals surface area (Å²) in [7, 11) is -3.97. The molecule has 2 aromatic carbocycles. The Morgan fingerprint density at radius 2 is 1.71 bits per heavy atom. The number of hydrogen-bond acceptors (Lipinski definition) is 3. The molecule has 0 atom stereocenters. The van der Waals surface area contributed by atoms with Crippen LogP contribution in [0.25, 0.3) is 0 Å². The van der Waals surface area contributed by atoms with Gasteiger partial charge in [0, 0.05) is 10.0 Å². The van der Waals surface area contributed by atoms with Crippen LogP contribution in [0.3, 0.4) is 0 Å². The molecule has 8 heteroatoms. The maximum absolute atomic E-state index is 12.4. The molecular formula is C13H10BrCl2NO3S. The first-order chi connectivity index (χ1) is 9.85. The van der Waals surface area contributed by atoms with Crippen molar-refractivity contribution in [3.8, 4) is 0 Å². The van der Waals surface area contributed by atoms with Crippen LogP contribution in [0.5, 0.6) is 0 Å². The molecule has 2 aromatic rings. The minimum absolute atomic E-state index is 0.00311. The lowest BCUT2D eigenvalue weighted by Gasteiger charge is -2.13. The first-order valence-electron chi connectivity index (χ1n) is 5.71. The zero-order chi connectivity index (χ0) is 15.6. The van der Waals surface area contributed by atoms with Crippen LogP contribution >= 0.6 is 39.1 Å². The molecule has 0 unspecified atom stereocenters. The Kier molecular flexibility index (Phi) is 5.16. The van der Waals surface area contributed by atoms with E-state index in [1.807, 2.05) is 0 Å². The van der Waals surface area contributed by atoms with Gasteiger partial charge in [0.25, 0.3) is 10.0 Å². The average molecular weight is 411 g/mol. The lowest BCUT2D eigenvalue weighted by atomic mass is 10.2. The summed E-state index contributed by atoms with van der Waals surface area (Å²) in [5.74, 6) is 0. The Balaban J connectivity index is 2.49. The Morgan fingerprint density at radius 1 is 1.14 bits per heavy atom. The minimum Gasteiger partial charge on any atom is -0.392 e. The Bertz CT molecular complexity index is 758. The van der Waals surface area contributed by atoms with Gasteiger partial charge in [-0.3, -0.25) is 4.72 Å². The van der Waals surface area contributed by atoms with Crippen molar-refractivity contribution < 1.29 is 13.5 Å². The van der Waals surface area contributed by atoms with Crippen molar-refractivity contribution in [3.63, 3.8) is 0 Å². The van der Waals surface area contributed by atoms with E-state index in [1.54, 1.807) is 24.3 Å². The Hall–Kier alpha value is -0.790. The topological polar surface area (TPSA) is 66.4 Å². The van der Waals surface area contributed by atoms with E-state index in [2.05, 4.69) is 20.7 Å². The highest BCUT2D eigenvalue weighted by molar-refractivity contribution is 9.10. The second-order valence-electron chi connectivity index (χ2n) is 4.12. The van der Waals surface area contributed by atoms with Crippen LogP contribution < -0.4 is 4.72 Å². The van der Waals surface area contributed by atoms with E-state index in [0.29, 0.717) is 10.0 Å². The number of nitrogens with one attached hydrogen (secondary N) is 1. The lowest BCUT2D eigenvalue weighted by molar-refractivity contribution is 0.282. The van der Waals surface area contributed by atoms with Crippen LogP contribution in [-0.4, -0.2) is 13.5 Å². The number of hydrogen-bond donors (Lipinski definition) is 2. The van der Waals surface area contributed by atoms with E-state index in [0.717, 1.165) is 0 Å². The van der Waals surface area contributed by atoms with Gasteiger partial charge in [-0.2, -0.15) is 0 Å². The number of para-hydroxylation sites is 1. The summed E-state index contributed by atoms with van der Waals surface area (Å²) in [5.41, 5.74) is 0.723. The quantitative estimate of drug-likeness (QED) is 0.798. The van der Waals surface area contributed by atoms with E-state index in [1.165, 1.54) is 12.1 Å². The van der Waals surface area contributed by atoms with Crippen LogP contribution in [0, 0.1) is 0 Å². The summed E-state index contributed by atoms with van der Waals surface area (Å²) in [6.07, 6.45) is 0. The number of benzene rings is 2. The van der Waals surface area contributed by atoms with Crippen molar-refractivity contribution in [2.75, 3.05) is 4.72 Å². The summed E-state index contributed by atoms with van der Waals surface area (Å²) in [4.78, 5) is -0.207. The number of aliphatic hydroxyl groups excluding tert-OH is 1. The zero-order valence-corrected chi connectivity index (χ0v) is 14.4. The molecule has 0 bridgehead atoms. The monoisotopic (exact) mass is 409 g/mol. The van der Waals surface area contributed by atoms with Gasteiger partial charge in [0.15, 0.2) is 0 Å². The number of anilines is 1. The predicted molar refractivity (Wildman–Crippen MR) is 87.3 cm³/mol. The van der Waals surface area contributed by atoms with Crippen molar-refractivity contribution >= 4 is 54.8 Å². The summed E-state index contributed by atoms with van der Waals surface area (Å²) < 4.78 is 27.9. The molecule has 0 aromatic heterocycles. The third-order valence-electron chi connectivity index (χ3n) is 2.66. The normalized spacial score (nSPS) is 11.4. The van der Waals surface area contributed by atoms with Crippen molar-refractivity contribution in [3.05, 3.63) is 56.5 Å². The van der Waals surface area contributed by atoms with E-state index >= 15 is 0 Å². The van der Waals surface area contributed by atoms with E-state index in [-0.39, 0.29) is 27.2 Å². The van der Waals surface area contributed by atoms with Crippen LogP contribution in [-0.2, 0) is 16.6 Å². The molecular weight excluding hydrogens is 401 g/mol. The highest BCUT2D eigenvalue weighted by atomic mass is 79.9. The molecule has 4 nitrogen and oxygen atoms in total. The van der Waals surface area contributed by atoms with Crippen LogP contribution in [0.15, 0.2) is 45.8 Å². The molecule has 0 amide bonds. The molecule has 2 rings (SSSR count). The van der Waals surface area contributed by atoms with Gasteiger partial charge < -0.3 is 5.11 Å². The third-order valence-corrected chi connectivity index (χ3v) is 5.41. The smallest absolute Gasteiger partial charge is 0.264 e. The first kappa shape index (κ1) is 16.6.